The topological polar surface area (TPSA) is 35.2 Å². The normalized spacial score (nSPS) is 26.6. The first-order valence-corrected chi connectivity index (χ1v) is 7.95. The minimum atomic E-state index is 0.564. The lowest BCUT2D eigenvalue weighted by Gasteiger charge is -2.37. The third kappa shape index (κ3) is 3.01. The van der Waals surface area contributed by atoms with Crippen LogP contribution in [0.5, 0.6) is 5.75 Å². The Labute approximate surface area is 123 Å². The third-order valence-corrected chi connectivity index (χ3v) is 5.07. The van der Waals surface area contributed by atoms with Crippen molar-refractivity contribution in [3.8, 4) is 5.75 Å². The molecule has 1 aromatic carbocycles. The molecule has 3 atom stereocenters. The quantitative estimate of drug-likeness (QED) is 0.894. The van der Waals surface area contributed by atoms with Crippen LogP contribution >= 0.6 is 0 Å². The molecular formula is C18H29NO. The predicted octanol–water partition coefficient (Wildman–Crippen LogP) is 4.18. The fourth-order valence-electron chi connectivity index (χ4n) is 3.91. The van der Waals surface area contributed by atoms with E-state index in [9.17, 15) is 0 Å². The summed E-state index contributed by atoms with van der Waals surface area (Å²) in [7, 11) is 1.79. The Morgan fingerprint density at radius 1 is 1.25 bits per heavy atom. The summed E-state index contributed by atoms with van der Waals surface area (Å²) in [4.78, 5) is 0. The molecule has 0 radical (unpaired) electrons. The Hall–Kier alpha value is -1.02. The molecule has 1 fully saturated rings. The van der Waals surface area contributed by atoms with E-state index in [0.29, 0.717) is 11.8 Å². The smallest absolute Gasteiger partial charge is 0.122 e. The molecule has 2 heteroatoms. The fourth-order valence-corrected chi connectivity index (χ4v) is 3.91. The summed E-state index contributed by atoms with van der Waals surface area (Å²) in [5, 5.41) is 0. The van der Waals surface area contributed by atoms with Crippen molar-refractivity contribution in [1.82, 2.24) is 0 Å². The lowest BCUT2D eigenvalue weighted by Crippen LogP contribution is -2.29. The van der Waals surface area contributed by atoms with Gasteiger partial charge in [0, 0.05) is 5.56 Å². The average molecular weight is 275 g/mol. The number of rotatable bonds is 4. The summed E-state index contributed by atoms with van der Waals surface area (Å²) in [5.41, 5.74) is 10.1. The number of nitrogens with two attached hydrogens (primary N) is 1. The molecule has 0 saturated heterocycles. The first-order valence-electron chi connectivity index (χ1n) is 7.95. The minimum absolute atomic E-state index is 0.564. The van der Waals surface area contributed by atoms with Crippen LogP contribution in [0.3, 0.4) is 0 Å². The number of aryl methyl sites for hydroxylation is 2. The van der Waals surface area contributed by atoms with E-state index in [1.54, 1.807) is 7.11 Å². The van der Waals surface area contributed by atoms with E-state index in [1.165, 1.54) is 42.4 Å². The van der Waals surface area contributed by atoms with Gasteiger partial charge in [-0.05, 0) is 68.2 Å². The molecule has 1 saturated carbocycles. The van der Waals surface area contributed by atoms with Crippen molar-refractivity contribution in [2.75, 3.05) is 13.7 Å². The second kappa shape index (κ2) is 6.62. The van der Waals surface area contributed by atoms with Crippen LogP contribution in [0, 0.1) is 25.7 Å². The second-order valence-corrected chi connectivity index (χ2v) is 6.39. The molecule has 2 rings (SSSR count). The van der Waals surface area contributed by atoms with Crippen molar-refractivity contribution < 1.29 is 4.74 Å². The fraction of sp³-hybridized carbons (Fsp3) is 0.667. The molecular weight excluding hydrogens is 246 g/mol. The maximum Gasteiger partial charge on any atom is 0.122 e. The molecule has 0 spiro atoms. The zero-order valence-corrected chi connectivity index (χ0v) is 13.4. The molecule has 0 aliphatic heterocycles. The molecule has 0 heterocycles. The Morgan fingerprint density at radius 2 is 2.00 bits per heavy atom. The Bertz CT molecular complexity index is 455. The van der Waals surface area contributed by atoms with E-state index >= 15 is 0 Å². The predicted molar refractivity (Wildman–Crippen MR) is 85.4 cm³/mol. The molecule has 1 aliphatic carbocycles. The summed E-state index contributed by atoms with van der Waals surface area (Å²) >= 11 is 0. The van der Waals surface area contributed by atoms with E-state index in [0.717, 1.165) is 18.2 Å². The van der Waals surface area contributed by atoms with Gasteiger partial charge in [0.2, 0.25) is 0 Å². The number of hydrogen-bond acceptors (Lipinski definition) is 2. The molecule has 0 aromatic heterocycles. The van der Waals surface area contributed by atoms with E-state index in [1.807, 2.05) is 0 Å². The highest BCUT2D eigenvalue weighted by Crippen LogP contribution is 2.45. The van der Waals surface area contributed by atoms with Crippen molar-refractivity contribution in [2.45, 2.75) is 52.4 Å². The van der Waals surface area contributed by atoms with Gasteiger partial charge in [-0.1, -0.05) is 25.8 Å². The molecule has 20 heavy (non-hydrogen) atoms. The second-order valence-electron chi connectivity index (χ2n) is 6.39. The Balaban J connectivity index is 2.41. The van der Waals surface area contributed by atoms with Gasteiger partial charge in [-0.25, -0.2) is 0 Å². The summed E-state index contributed by atoms with van der Waals surface area (Å²) < 4.78 is 5.68. The first-order chi connectivity index (χ1) is 9.60. The van der Waals surface area contributed by atoms with Gasteiger partial charge in [-0.3, -0.25) is 0 Å². The van der Waals surface area contributed by atoms with E-state index < -0.39 is 0 Å². The molecule has 2 nitrogen and oxygen atoms in total. The standard InChI is InChI=1S/C18H29NO/c1-5-14-6-7-15(11-19)16(10-14)18-13(3)8-12(2)9-17(18)20-4/h8-9,14-16H,5-7,10-11,19H2,1-4H3. The van der Waals surface area contributed by atoms with Crippen LogP contribution in [0.1, 0.15) is 55.2 Å². The maximum absolute atomic E-state index is 6.05. The first kappa shape index (κ1) is 15.4. The van der Waals surface area contributed by atoms with Gasteiger partial charge >= 0.3 is 0 Å². The molecule has 0 amide bonds. The largest absolute Gasteiger partial charge is 0.496 e. The van der Waals surface area contributed by atoms with Crippen LogP contribution in [0.2, 0.25) is 0 Å². The highest BCUT2D eigenvalue weighted by molar-refractivity contribution is 5.46. The van der Waals surface area contributed by atoms with Crippen LogP contribution in [0.15, 0.2) is 12.1 Å². The molecule has 1 aliphatic rings. The van der Waals surface area contributed by atoms with E-state index in [4.69, 9.17) is 10.5 Å². The molecule has 1 aromatic rings. The van der Waals surface area contributed by atoms with Gasteiger partial charge in [-0.2, -0.15) is 0 Å². The molecule has 112 valence electrons. The third-order valence-electron chi connectivity index (χ3n) is 5.07. The van der Waals surface area contributed by atoms with Crippen molar-refractivity contribution >= 4 is 0 Å². The SMILES string of the molecule is CCC1CCC(CN)C(c2c(C)cc(C)cc2OC)C1. The summed E-state index contributed by atoms with van der Waals surface area (Å²) in [6.45, 7) is 7.45. The van der Waals surface area contributed by atoms with Crippen LogP contribution in [0.25, 0.3) is 0 Å². The van der Waals surface area contributed by atoms with Gasteiger partial charge in [-0.15, -0.1) is 0 Å². The number of methoxy groups -OCH3 is 1. The van der Waals surface area contributed by atoms with Gasteiger partial charge in [0.15, 0.2) is 0 Å². The number of ether oxygens (including phenoxy) is 1. The Kier molecular flexibility index (Phi) is 5.09. The minimum Gasteiger partial charge on any atom is -0.496 e. The van der Waals surface area contributed by atoms with Crippen LogP contribution in [-0.2, 0) is 0 Å². The van der Waals surface area contributed by atoms with Crippen molar-refractivity contribution in [2.24, 2.45) is 17.6 Å². The lowest BCUT2D eigenvalue weighted by molar-refractivity contribution is 0.231. The van der Waals surface area contributed by atoms with Gasteiger partial charge in [0.25, 0.3) is 0 Å². The highest BCUT2D eigenvalue weighted by atomic mass is 16.5. The maximum atomic E-state index is 6.05. The Morgan fingerprint density at radius 3 is 2.60 bits per heavy atom. The monoisotopic (exact) mass is 275 g/mol. The van der Waals surface area contributed by atoms with E-state index in [-0.39, 0.29) is 0 Å². The highest BCUT2D eigenvalue weighted by Gasteiger charge is 2.32. The van der Waals surface area contributed by atoms with Crippen LogP contribution in [-0.4, -0.2) is 13.7 Å². The van der Waals surface area contributed by atoms with Gasteiger partial charge < -0.3 is 10.5 Å². The van der Waals surface area contributed by atoms with Crippen molar-refractivity contribution in [1.29, 1.82) is 0 Å². The molecule has 3 unspecified atom stereocenters. The van der Waals surface area contributed by atoms with Crippen molar-refractivity contribution in [3.05, 3.63) is 28.8 Å². The summed E-state index contributed by atoms with van der Waals surface area (Å²) in [6, 6.07) is 4.45. The number of benzene rings is 1. The van der Waals surface area contributed by atoms with E-state index in [2.05, 4.69) is 32.9 Å². The van der Waals surface area contributed by atoms with Gasteiger partial charge in [0.05, 0.1) is 7.11 Å². The van der Waals surface area contributed by atoms with Gasteiger partial charge in [0.1, 0.15) is 5.75 Å². The zero-order valence-electron chi connectivity index (χ0n) is 13.4. The number of hydrogen-bond donors (Lipinski definition) is 1. The van der Waals surface area contributed by atoms with Crippen LogP contribution < -0.4 is 10.5 Å². The summed E-state index contributed by atoms with van der Waals surface area (Å²) in [5.74, 6) is 3.07. The zero-order chi connectivity index (χ0) is 14.7. The van der Waals surface area contributed by atoms with Crippen molar-refractivity contribution in [3.63, 3.8) is 0 Å². The molecule has 2 N–H and O–H groups in total. The van der Waals surface area contributed by atoms with Crippen LogP contribution in [0.4, 0.5) is 0 Å². The average Bonchev–Trinajstić information content (AvgIpc) is 2.45. The molecule has 0 bridgehead atoms. The lowest BCUT2D eigenvalue weighted by atomic mass is 9.69. The summed E-state index contributed by atoms with van der Waals surface area (Å²) in [6.07, 6.45) is 5.14.